The molecule has 0 radical (unpaired) electrons. The number of hydrogen-bond donors (Lipinski definition) is 1. The first-order valence-electron chi connectivity index (χ1n) is 11.2. The van der Waals surface area contributed by atoms with Crippen LogP contribution in [0.3, 0.4) is 0 Å². The van der Waals surface area contributed by atoms with Gasteiger partial charge in [0.1, 0.15) is 17.2 Å². The lowest BCUT2D eigenvalue weighted by molar-refractivity contribution is -0.137. The highest BCUT2D eigenvalue weighted by atomic mass is 16.5. The molecule has 0 aliphatic carbocycles. The zero-order valence-electron chi connectivity index (χ0n) is 19.4. The molecule has 0 atom stereocenters. The van der Waals surface area contributed by atoms with Crippen molar-refractivity contribution < 1.29 is 19.1 Å². The van der Waals surface area contributed by atoms with E-state index < -0.39 is 0 Å². The first-order valence-corrected chi connectivity index (χ1v) is 11.2. The van der Waals surface area contributed by atoms with Gasteiger partial charge in [-0.15, -0.1) is 0 Å². The zero-order valence-corrected chi connectivity index (χ0v) is 19.4. The second kappa shape index (κ2) is 10.2. The standard InChI is InChI=1S/C27H27N3O4/c1-4-33-22-11-7-21(8-12-22)29-25-24(20-5-9-23(10-6-20)34-18(2)3)26(31)30(27(25)32)17-19-13-15-28-16-14-19/h5-16,18,29H,4,17H2,1-3H3. The minimum atomic E-state index is -0.381. The number of aromatic nitrogens is 1. The average Bonchev–Trinajstić information content (AvgIpc) is 3.05. The van der Waals surface area contributed by atoms with E-state index in [1.54, 1.807) is 48.8 Å². The lowest BCUT2D eigenvalue weighted by Gasteiger charge is -2.15. The maximum Gasteiger partial charge on any atom is 0.278 e. The Bertz CT molecular complexity index is 1190. The van der Waals surface area contributed by atoms with Crippen molar-refractivity contribution in [3.8, 4) is 11.5 Å². The third kappa shape index (κ3) is 5.09. The van der Waals surface area contributed by atoms with Crippen LogP contribution >= 0.6 is 0 Å². The lowest BCUT2D eigenvalue weighted by atomic mass is 10.0. The van der Waals surface area contributed by atoms with E-state index >= 15 is 0 Å². The molecule has 4 rings (SSSR count). The third-order valence-corrected chi connectivity index (χ3v) is 5.21. The normalized spacial score (nSPS) is 13.6. The number of nitrogens with zero attached hydrogens (tertiary/aromatic N) is 2. The summed E-state index contributed by atoms with van der Waals surface area (Å²) in [6.07, 6.45) is 3.31. The number of ether oxygens (including phenoxy) is 2. The summed E-state index contributed by atoms with van der Waals surface area (Å²) >= 11 is 0. The van der Waals surface area contributed by atoms with Crippen molar-refractivity contribution in [2.24, 2.45) is 0 Å². The van der Waals surface area contributed by atoms with Crippen LogP contribution in [0.1, 0.15) is 31.9 Å². The van der Waals surface area contributed by atoms with Crippen molar-refractivity contribution in [2.45, 2.75) is 33.4 Å². The Balaban J connectivity index is 1.68. The summed E-state index contributed by atoms with van der Waals surface area (Å²) in [5.74, 6) is 0.697. The van der Waals surface area contributed by atoms with Gasteiger partial charge in [0.25, 0.3) is 11.8 Å². The van der Waals surface area contributed by atoms with Crippen LogP contribution in [0.15, 0.2) is 78.8 Å². The molecule has 34 heavy (non-hydrogen) atoms. The zero-order chi connectivity index (χ0) is 24.1. The first kappa shape index (κ1) is 23.0. The molecule has 0 saturated heterocycles. The summed E-state index contributed by atoms with van der Waals surface area (Å²) in [6.45, 7) is 6.54. The Morgan fingerprint density at radius 3 is 2.15 bits per heavy atom. The Hall–Kier alpha value is -4.13. The van der Waals surface area contributed by atoms with Gasteiger partial charge in [-0.05, 0) is 80.4 Å². The van der Waals surface area contributed by atoms with Gasteiger partial charge in [0.15, 0.2) is 0 Å². The molecule has 0 saturated carbocycles. The molecule has 3 aromatic rings. The smallest absolute Gasteiger partial charge is 0.278 e. The van der Waals surface area contributed by atoms with Crippen LogP contribution in [0, 0.1) is 0 Å². The van der Waals surface area contributed by atoms with E-state index in [1.165, 1.54) is 4.90 Å². The molecule has 1 aliphatic heterocycles. The molecule has 0 unspecified atom stereocenters. The van der Waals surface area contributed by atoms with Crippen LogP contribution in [0.5, 0.6) is 11.5 Å². The van der Waals surface area contributed by atoms with Crippen LogP contribution in [-0.2, 0) is 16.1 Å². The monoisotopic (exact) mass is 457 g/mol. The number of benzene rings is 2. The van der Waals surface area contributed by atoms with E-state index in [-0.39, 0.29) is 30.2 Å². The summed E-state index contributed by atoms with van der Waals surface area (Å²) in [7, 11) is 0. The number of carbonyl (C=O) groups excluding carboxylic acids is 2. The van der Waals surface area contributed by atoms with Crippen LogP contribution < -0.4 is 14.8 Å². The highest BCUT2D eigenvalue weighted by molar-refractivity contribution is 6.36. The molecule has 7 nitrogen and oxygen atoms in total. The van der Waals surface area contributed by atoms with E-state index in [4.69, 9.17) is 9.47 Å². The van der Waals surface area contributed by atoms with Crippen LogP contribution in [-0.4, -0.2) is 34.4 Å². The van der Waals surface area contributed by atoms with E-state index in [9.17, 15) is 9.59 Å². The van der Waals surface area contributed by atoms with E-state index in [0.717, 1.165) is 11.3 Å². The predicted molar refractivity (Wildman–Crippen MR) is 130 cm³/mol. The molecule has 174 valence electrons. The van der Waals surface area contributed by atoms with E-state index in [2.05, 4.69) is 10.3 Å². The maximum absolute atomic E-state index is 13.5. The molecule has 2 amide bonds. The first-order chi connectivity index (χ1) is 16.5. The van der Waals surface area contributed by atoms with Crippen LogP contribution in [0.2, 0.25) is 0 Å². The van der Waals surface area contributed by atoms with Gasteiger partial charge in [-0.25, -0.2) is 0 Å². The topological polar surface area (TPSA) is 80.8 Å². The van der Waals surface area contributed by atoms with Gasteiger partial charge in [0.05, 0.1) is 24.8 Å². The van der Waals surface area contributed by atoms with Gasteiger partial charge in [0, 0.05) is 18.1 Å². The maximum atomic E-state index is 13.5. The lowest BCUT2D eigenvalue weighted by Crippen LogP contribution is -2.32. The fourth-order valence-corrected chi connectivity index (χ4v) is 3.69. The van der Waals surface area contributed by atoms with Gasteiger partial charge in [-0.1, -0.05) is 12.1 Å². The highest BCUT2D eigenvalue weighted by Gasteiger charge is 2.39. The minimum absolute atomic E-state index is 0.0347. The Labute approximate surface area is 199 Å². The fourth-order valence-electron chi connectivity index (χ4n) is 3.69. The summed E-state index contributed by atoms with van der Waals surface area (Å²) in [6, 6.07) is 18.1. The fraction of sp³-hybridized carbons (Fsp3) is 0.222. The number of rotatable bonds is 9. The van der Waals surface area contributed by atoms with Gasteiger partial charge in [-0.2, -0.15) is 0 Å². The van der Waals surface area contributed by atoms with E-state index in [1.807, 2.05) is 45.0 Å². The van der Waals surface area contributed by atoms with Crippen molar-refractivity contribution in [3.05, 3.63) is 89.9 Å². The second-order valence-electron chi connectivity index (χ2n) is 8.08. The van der Waals surface area contributed by atoms with Crippen LogP contribution in [0.25, 0.3) is 5.57 Å². The molecular formula is C27H27N3O4. The van der Waals surface area contributed by atoms with Crippen molar-refractivity contribution >= 4 is 23.1 Å². The largest absolute Gasteiger partial charge is 0.494 e. The molecule has 1 aromatic heterocycles. The van der Waals surface area contributed by atoms with Crippen molar-refractivity contribution in [1.82, 2.24) is 9.88 Å². The highest BCUT2D eigenvalue weighted by Crippen LogP contribution is 2.32. The summed E-state index contributed by atoms with van der Waals surface area (Å²) in [4.78, 5) is 32.1. The molecule has 7 heteroatoms. The Morgan fingerprint density at radius 2 is 1.53 bits per heavy atom. The van der Waals surface area contributed by atoms with Crippen molar-refractivity contribution in [2.75, 3.05) is 11.9 Å². The number of anilines is 1. The quantitative estimate of drug-likeness (QED) is 0.471. The summed E-state index contributed by atoms with van der Waals surface area (Å²) < 4.78 is 11.2. The van der Waals surface area contributed by atoms with Gasteiger partial charge < -0.3 is 14.8 Å². The minimum Gasteiger partial charge on any atom is -0.494 e. The third-order valence-electron chi connectivity index (χ3n) is 5.21. The summed E-state index contributed by atoms with van der Waals surface area (Å²) in [5.41, 5.74) is 2.70. The van der Waals surface area contributed by atoms with E-state index in [0.29, 0.717) is 29.2 Å². The van der Waals surface area contributed by atoms with Crippen molar-refractivity contribution in [3.63, 3.8) is 0 Å². The number of imide groups is 1. The predicted octanol–water partition coefficient (Wildman–Crippen LogP) is 4.66. The van der Waals surface area contributed by atoms with Gasteiger partial charge in [-0.3, -0.25) is 19.5 Å². The number of amides is 2. The SMILES string of the molecule is CCOc1ccc(NC2=C(c3ccc(OC(C)C)cc3)C(=O)N(Cc3ccncc3)C2=O)cc1. The van der Waals surface area contributed by atoms with Gasteiger partial charge in [0.2, 0.25) is 0 Å². The molecule has 1 N–H and O–H groups in total. The summed E-state index contributed by atoms with van der Waals surface area (Å²) in [5, 5.41) is 3.17. The number of nitrogens with one attached hydrogen (secondary N) is 1. The number of carbonyl (C=O) groups is 2. The molecular weight excluding hydrogens is 430 g/mol. The Kier molecular flexibility index (Phi) is 6.92. The Morgan fingerprint density at radius 1 is 0.882 bits per heavy atom. The number of hydrogen-bond acceptors (Lipinski definition) is 6. The molecule has 1 aliphatic rings. The van der Waals surface area contributed by atoms with Crippen molar-refractivity contribution in [1.29, 1.82) is 0 Å². The molecule has 0 bridgehead atoms. The number of pyridine rings is 1. The second-order valence-corrected chi connectivity index (χ2v) is 8.08. The molecule has 0 fully saturated rings. The average molecular weight is 458 g/mol. The molecule has 2 aromatic carbocycles. The van der Waals surface area contributed by atoms with Crippen LogP contribution in [0.4, 0.5) is 5.69 Å². The molecule has 0 spiro atoms. The van der Waals surface area contributed by atoms with Gasteiger partial charge >= 0.3 is 0 Å². The molecule has 2 heterocycles.